The van der Waals surface area contributed by atoms with Crippen molar-refractivity contribution >= 4 is 11.7 Å². The first-order valence-corrected chi connectivity index (χ1v) is 7.26. The van der Waals surface area contributed by atoms with Crippen LogP contribution in [0.5, 0.6) is 11.5 Å². The first-order chi connectivity index (χ1) is 10.7. The van der Waals surface area contributed by atoms with Gasteiger partial charge in [0.25, 0.3) is 5.91 Å². The molecular formula is C17H20N2O3. The number of carbonyl (C=O) groups excluding carboxylic acids is 1. The highest BCUT2D eigenvalue weighted by Crippen LogP contribution is 2.26. The number of nitrogens with zero attached hydrogens (tertiary/aromatic N) is 1. The second-order valence-electron chi connectivity index (χ2n) is 4.80. The van der Waals surface area contributed by atoms with E-state index in [2.05, 4.69) is 10.3 Å². The van der Waals surface area contributed by atoms with Crippen LogP contribution in [-0.2, 0) is 4.79 Å². The number of nitrogens with one attached hydrogen (secondary N) is 1. The summed E-state index contributed by atoms with van der Waals surface area (Å²) in [5.74, 6) is 1.49. The van der Waals surface area contributed by atoms with Gasteiger partial charge in [-0.25, -0.2) is 4.98 Å². The predicted molar refractivity (Wildman–Crippen MR) is 85.3 cm³/mol. The van der Waals surface area contributed by atoms with Crippen LogP contribution in [0.15, 0.2) is 42.6 Å². The number of pyridine rings is 1. The van der Waals surface area contributed by atoms with Gasteiger partial charge in [-0.05, 0) is 37.1 Å². The Morgan fingerprint density at radius 3 is 2.55 bits per heavy atom. The van der Waals surface area contributed by atoms with Crippen LogP contribution in [0.25, 0.3) is 0 Å². The van der Waals surface area contributed by atoms with E-state index >= 15 is 0 Å². The summed E-state index contributed by atoms with van der Waals surface area (Å²) in [5.41, 5.74) is 0.905. The van der Waals surface area contributed by atoms with Gasteiger partial charge >= 0.3 is 0 Å². The van der Waals surface area contributed by atoms with Gasteiger partial charge in [0.05, 0.1) is 6.61 Å². The summed E-state index contributed by atoms with van der Waals surface area (Å²) in [7, 11) is 0. The van der Waals surface area contributed by atoms with Crippen molar-refractivity contribution in [2.24, 2.45) is 0 Å². The smallest absolute Gasteiger partial charge is 0.263 e. The third-order valence-corrected chi connectivity index (χ3v) is 2.94. The Balaban J connectivity index is 1.92. The lowest BCUT2D eigenvalue weighted by molar-refractivity contribution is -0.118. The number of amides is 1. The topological polar surface area (TPSA) is 60.5 Å². The van der Waals surface area contributed by atoms with Gasteiger partial charge in [-0.3, -0.25) is 4.79 Å². The van der Waals surface area contributed by atoms with E-state index in [1.807, 2.05) is 44.2 Å². The Bertz CT molecular complexity index is 629. The van der Waals surface area contributed by atoms with E-state index in [1.165, 1.54) is 0 Å². The van der Waals surface area contributed by atoms with Crippen molar-refractivity contribution < 1.29 is 14.3 Å². The van der Waals surface area contributed by atoms with Gasteiger partial charge in [0.1, 0.15) is 5.82 Å². The Labute approximate surface area is 130 Å². The molecule has 0 atom stereocenters. The molecule has 116 valence electrons. The van der Waals surface area contributed by atoms with Crippen LogP contribution < -0.4 is 14.8 Å². The molecule has 0 fully saturated rings. The SMILES string of the molecule is CCCOc1ccccc1OCC(=O)Nc1ncccc1C. The Morgan fingerprint density at radius 1 is 1.14 bits per heavy atom. The zero-order valence-electron chi connectivity index (χ0n) is 12.8. The van der Waals surface area contributed by atoms with Crippen molar-refractivity contribution in [3.05, 3.63) is 48.2 Å². The number of anilines is 1. The molecular weight excluding hydrogens is 280 g/mol. The fourth-order valence-electron chi connectivity index (χ4n) is 1.83. The highest BCUT2D eigenvalue weighted by molar-refractivity contribution is 5.91. The standard InChI is InChI=1S/C17H20N2O3/c1-3-11-21-14-8-4-5-9-15(14)22-12-16(20)19-17-13(2)7-6-10-18-17/h4-10H,3,11-12H2,1-2H3,(H,18,19,20). The van der Waals surface area contributed by atoms with Crippen LogP contribution in [0.2, 0.25) is 0 Å². The van der Waals surface area contributed by atoms with Crippen molar-refractivity contribution in [2.75, 3.05) is 18.5 Å². The first-order valence-electron chi connectivity index (χ1n) is 7.26. The molecule has 2 aromatic rings. The molecule has 0 saturated heterocycles. The minimum atomic E-state index is -0.257. The van der Waals surface area contributed by atoms with E-state index in [1.54, 1.807) is 12.3 Å². The number of hydrogen-bond donors (Lipinski definition) is 1. The highest BCUT2D eigenvalue weighted by Gasteiger charge is 2.09. The monoisotopic (exact) mass is 300 g/mol. The van der Waals surface area contributed by atoms with Crippen molar-refractivity contribution in [2.45, 2.75) is 20.3 Å². The summed E-state index contributed by atoms with van der Waals surface area (Å²) in [6, 6.07) is 11.0. The molecule has 5 heteroatoms. The number of carbonyl (C=O) groups is 1. The van der Waals surface area contributed by atoms with Crippen LogP contribution in [0.3, 0.4) is 0 Å². The second kappa shape index (κ2) is 8.02. The Hall–Kier alpha value is -2.56. The van der Waals surface area contributed by atoms with Crippen LogP contribution in [0.1, 0.15) is 18.9 Å². The number of benzene rings is 1. The van der Waals surface area contributed by atoms with Gasteiger partial charge < -0.3 is 14.8 Å². The third-order valence-electron chi connectivity index (χ3n) is 2.94. The quantitative estimate of drug-likeness (QED) is 0.853. The van der Waals surface area contributed by atoms with Crippen LogP contribution in [0, 0.1) is 6.92 Å². The van der Waals surface area contributed by atoms with Crippen LogP contribution in [0.4, 0.5) is 5.82 Å². The summed E-state index contributed by atoms with van der Waals surface area (Å²) in [5, 5.41) is 2.73. The van der Waals surface area contributed by atoms with Gasteiger partial charge in [-0.15, -0.1) is 0 Å². The fourth-order valence-corrected chi connectivity index (χ4v) is 1.83. The second-order valence-corrected chi connectivity index (χ2v) is 4.80. The van der Waals surface area contributed by atoms with Crippen molar-refractivity contribution in [1.82, 2.24) is 4.98 Å². The van der Waals surface area contributed by atoms with Gasteiger partial charge in [-0.2, -0.15) is 0 Å². The molecule has 2 rings (SSSR count). The predicted octanol–water partition coefficient (Wildman–Crippen LogP) is 3.20. The Kier molecular flexibility index (Phi) is 5.77. The molecule has 1 aromatic heterocycles. The maximum Gasteiger partial charge on any atom is 0.263 e. The summed E-state index contributed by atoms with van der Waals surface area (Å²) < 4.78 is 11.1. The largest absolute Gasteiger partial charge is 0.490 e. The molecule has 5 nitrogen and oxygen atoms in total. The number of hydrogen-bond acceptors (Lipinski definition) is 4. The first kappa shape index (κ1) is 15.8. The third kappa shape index (κ3) is 4.48. The molecule has 1 aromatic carbocycles. The molecule has 22 heavy (non-hydrogen) atoms. The van der Waals surface area contributed by atoms with E-state index in [9.17, 15) is 4.79 Å². The molecule has 0 saturated carbocycles. The molecule has 0 bridgehead atoms. The van der Waals surface area contributed by atoms with E-state index in [0.717, 1.165) is 12.0 Å². The van der Waals surface area contributed by atoms with E-state index in [0.29, 0.717) is 23.9 Å². The lowest BCUT2D eigenvalue weighted by Gasteiger charge is -2.12. The van der Waals surface area contributed by atoms with E-state index in [-0.39, 0.29) is 12.5 Å². The number of ether oxygens (including phenoxy) is 2. The van der Waals surface area contributed by atoms with E-state index < -0.39 is 0 Å². The van der Waals surface area contributed by atoms with Gasteiger partial charge in [-0.1, -0.05) is 25.1 Å². The maximum absolute atomic E-state index is 11.9. The molecule has 0 aliphatic rings. The molecule has 0 spiro atoms. The average molecular weight is 300 g/mol. The summed E-state index contributed by atoms with van der Waals surface area (Å²) in [4.78, 5) is 16.1. The molecule has 0 aliphatic carbocycles. The van der Waals surface area contributed by atoms with Gasteiger partial charge in [0.2, 0.25) is 0 Å². The zero-order valence-corrected chi connectivity index (χ0v) is 12.8. The van der Waals surface area contributed by atoms with Crippen LogP contribution in [-0.4, -0.2) is 24.1 Å². The minimum absolute atomic E-state index is 0.0947. The van der Waals surface area contributed by atoms with Crippen molar-refractivity contribution in [3.63, 3.8) is 0 Å². The molecule has 0 aliphatic heterocycles. The fraction of sp³-hybridized carbons (Fsp3) is 0.294. The summed E-state index contributed by atoms with van der Waals surface area (Å²) in [6.07, 6.45) is 2.55. The normalized spacial score (nSPS) is 10.1. The average Bonchev–Trinajstić information content (AvgIpc) is 2.54. The lowest BCUT2D eigenvalue weighted by Crippen LogP contribution is -2.21. The lowest BCUT2D eigenvalue weighted by atomic mass is 10.3. The highest BCUT2D eigenvalue weighted by atomic mass is 16.5. The number of aromatic nitrogens is 1. The van der Waals surface area contributed by atoms with Crippen molar-refractivity contribution in [1.29, 1.82) is 0 Å². The number of rotatable bonds is 7. The zero-order chi connectivity index (χ0) is 15.8. The molecule has 1 amide bonds. The van der Waals surface area contributed by atoms with Crippen LogP contribution >= 0.6 is 0 Å². The maximum atomic E-state index is 11.9. The summed E-state index contributed by atoms with van der Waals surface area (Å²) >= 11 is 0. The van der Waals surface area contributed by atoms with Crippen molar-refractivity contribution in [3.8, 4) is 11.5 Å². The molecule has 1 heterocycles. The number of para-hydroxylation sites is 2. The molecule has 0 radical (unpaired) electrons. The molecule has 0 unspecified atom stereocenters. The van der Waals surface area contributed by atoms with Gasteiger partial charge in [0.15, 0.2) is 18.1 Å². The minimum Gasteiger partial charge on any atom is -0.490 e. The summed E-state index contributed by atoms with van der Waals surface area (Å²) in [6.45, 7) is 4.44. The van der Waals surface area contributed by atoms with E-state index in [4.69, 9.17) is 9.47 Å². The molecule has 1 N–H and O–H groups in total. The number of aryl methyl sites for hydroxylation is 1. The van der Waals surface area contributed by atoms with Gasteiger partial charge in [0, 0.05) is 6.20 Å². The Morgan fingerprint density at radius 2 is 1.86 bits per heavy atom.